The van der Waals surface area contributed by atoms with Crippen molar-refractivity contribution in [1.29, 1.82) is 5.26 Å². The maximum atomic E-state index is 13.9. The summed E-state index contributed by atoms with van der Waals surface area (Å²) >= 11 is 0. The fourth-order valence-corrected chi connectivity index (χ4v) is 4.09. The molecule has 2 aromatic rings. The first-order valence-corrected chi connectivity index (χ1v) is 10.1. The van der Waals surface area contributed by atoms with Crippen LogP contribution in [0.1, 0.15) is 27.4 Å². The Labute approximate surface area is 192 Å². The molecule has 1 heterocycles. The molecule has 34 heavy (non-hydrogen) atoms. The van der Waals surface area contributed by atoms with E-state index in [0.29, 0.717) is 4.90 Å². The predicted molar refractivity (Wildman–Crippen MR) is 117 cm³/mol. The molecule has 1 unspecified atom stereocenters. The smallest absolute Gasteiger partial charge is 0.404 e. The second-order valence-electron chi connectivity index (χ2n) is 7.59. The lowest BCUT2D eigenvalue weighted by atomic mass is 9.78. The third-order valence-corrected chi connectivity index (χ3v) is 5.33. The normalized spacial score (nSPS) is 19.6. The highest BCUT2D eigenvalue weighted by atomic mass is 19.4. The molecule has 1 aliphatic rings. The minimum Gasteiger partial charge on any atom is -0.404 e. The molecule has 0 fully saturated rings. The van der Waals surface area contributed by atoms with Gasteiger partial charge in [-0.1, -0.05) is 18.2 Å². The van der Waals surface area contributed by atoms with E-state index in [2.05, 4.69) is 10.3 Å². The lowest BCUT2D eigenvalue weighted by Gasteiger charge is -2.44. The number of benzene rings is 2. The zero-order valence-electron chi connectivity index (χ0n) is 17.9. The summed E-state index contributed by atoms with van der Waals surface area (Å²) in [5.41, 5.74) is 6.02. The Morgan fingerprint density at radius 3 is 2.68 bits per heavy atom. The Morgan fingerprint density at radius 2 is 2.06 bits per heavy atom. The number of amides is 1. The quantitative estimate of drug-likeness (QED) is 0.337. The number of hydrogen-bond donors (Lipinski definition) is 3. The van der Waals surface area contributed by atoms with Crippen LogP contribution in [0.2, 0.25) is 0 Å². The standard InChI is InChI=1S/C23H21F4N5O2/c1-30-11-14(10-29)20-19(21(33)31-16-7-13(9-28)6-15(24)8-16)17-4-2-3-5-18(17)22(34)32(20)12-23(25,26)27/h2-8,10-11,19-21,31,33H,12,29H2,1H3/t19-,20+,21?/m0/s1. The van der Waals surface area contributed by atoms with E-state index in [9.17, 15) is 27.5 Å². The number of aliphatic hydroxyl groups excluding tert-OH is 1. The summed E-state index contributed by atoms with van der Waals surface area (Å²) in [4.78, 5) is 17.5. The molecule has 0 saturated carbocycles. The highest BCUT2D eigenvalue weighted by Crippen LogP contribution is 2.40. The number of nitrogens with two attached hydrogens (primary N) is 1. The molecular formula is C23H21F4N5O2. The van der Waals surface area contributed by atoms with Crippen LogP contribution in [0.4, 0.5) is 23.2 Å². The predicted octanol–water partition coefficient (Wildman–Crippen LogP) is 3.14. The summed E-state index contributed by atoms with van der Waals surface area (Å²) in [6.45, 7) is -1.60. The average Bonchev–Trinajstić information content (AvgIpc) is 2.78. The van der Waals surface area contributed by atoms with E-state index >= 15 is 0 Å². The number of rotatable bonds is 6. The number of nitrogens with zero attached hydrogens (tertiary/aromatic N) is 3. The van der Waals surface area contributed by atoms with Gasteiger partial charge in [-0.15, -0.1) is 0 Å². The van der Waals surface area contributed by atoms with Crippen LogP contribution in [-0.4, -0.2) is 54.2 Å². The molecule has 0 radical (unpaired) electrons. The van der Waals surface area contributed by atoms with Gasteiger partial charge in [0.05, 0.1) is 23.6 Å². The molecule has 1 aliphatic heterocycles. The number of halogens is 4. The largest absolute Gasteiger partial charge is 0.406 e. The first-order valence-electron chi connectivity index (χ1n) is 10.1. The molecule has 2 aromatic carbocycles. The van der Waals surface area contributed by atoms with E-state index in [1.807, 2.05) is 0 Å². The highest BCUT2D eigenvalue weighted by molar-refractivity contribution is 5.99. The number of hydrogen-bond acceptors (Lipinski definition) is 6. The van der Waals surface area contributed by atoms with Gasteiger partial charge in [-0.25, -0.2) is 4.39 Å². The van der Waals surface area contributed by atoms with E-state index in [1.54, 1.807) is 12.1 Å². The van der Waals surface area contributed by atoms with Crippen molar-refractivity contribution in [3.63, 3.8) is 0 Å². The van der Waals surface area contributed by atoms with Gasteiger partial charge in [0.2, 0.25) is 0 Å². The average molecular weight is 475 g/mol. The number of carbonyl (C=O) groups excluding carboxylic acids is 1. The highest BCUT2D eigenvalue weighted by Gasteiger charge is 2.48. The topological polar surface area (TPSA) is 115 Å². The molecule has 0 bridgehead atoms. The first-order chi connectivity index (χ1) is 16.1. The number of carbonyl (C=O) groups is 1. The maximum Gasteiger partial charge on any atom is 0.406 e. The molecule has 0 spiro atoms. The molecule has 1 amide bonds. The van der Waals surface area contributed by atoms with Crippen LogP contribution in [0.15, 0.2) is 59.2 Å². The van der Waals surface area contributed by atoms with Crippen LogP contribution in [0.25, 0.3) is 0 Å². The minimum absolute atomic E-state index is 0.0179. The van der Waals surface area contributed by atoms with Crippen molar-refractivity contribution >= 4 is 17.8 Å². The van der Waals surface area contributed by atoms with Crippen LogP contribution < -0.4 is 11.1 Å². The molecule has 4 N–H and O–H groups in total. The van der Waals surface area contributed by atoms with Gasteiger partial charge in [-0.2, -0.15) is 18.4 Å². The van der Waals surface area contributed by atoms with Crippen molar-refractivity contribution in [3.8, 4) is 6.07 Å². The molecule has 0 aromatic heterocycles. The zero-order chi connectivity index (χ0) is 25.0. The van der Waals surface area contributed by atoms with Gasteiger partial charge < -0.3 is 21.1 Å². The lowest BCUT2D eigenvalue weighted by molar-refractivity contribution is -0.145. The number of anilines is 1. The Hall–Kier alpha value is -3.91. The summed E-state index contributed by atoms with van der Waals surface area (Å²) in [5.74, 6) is -2.79. The third kappa shape index (κ3) is 5.18. The number of fused-ring (bicyclic) bond motifs is 1. The number of alkyl halides is 3. The van der Waals surface area contributed by atoms with Gasteiger partial charge in [0, 0.05) is 36.3 Å². The maximum absolute atomic E-state index is 13.9. The van der Waals surface area contributed by atoms with Crippen molar-refractivity contribution in [1.82, 2.24) is 4.90 Å². The van der Waals surface area contributed by atoms with E-state index in [-0.39, 0.29) is 28.0 Å². The second-order valence-corrected chi connectivity index (χ2v) is 7.59. The molecule has 3 rings (SSSR count). The first kappa shape index (κ1) is 24.7. The summed E-state index contributed by atoms with van der Waals surface area (Å²) < 4.78 is 54.4. The van der Waals surface area contributed by atoms with Crippen LogP contribution in [0.3, 0.4) is 0 Å². The fourth-order valence-electron chi connectivity index (χ4n) is 4.09. The van der Waals surface area contributed by atoms with Gasteiger partial charge in [0.25, 0.3) is 5.91 Å². The van der Waals surface area contributed by atoms with E-state index in [0.717, 1.165) is 18.3 Å². The Morgan fingerprint density at radius 1 is 1.35 bits per heavy atom. The molecule has 7 nitrogen and oxygen atoms in total. The van der Waals surface area contributed by atoms with Crippen molar-refractivity contribution in [2.45, 2.75) is 24.4 Å². The van der Waals surface area contributed by atoms with Gasteiger partial charge in [-0.3, -0.25) is 9.79 Å². The SMILES string of the molecule is CN=CC(=CN)[C@@H]1[C@@H](C(O)Nc2cc(F)cc(C#N)c2)c2ccccc2C(=O)N1CC(F)(F)F. The van der Waals surface area contributed by atoms with E-state index in [4.69, 9.17) is 11.0 Å². The molecule has 0 saturated heterocycles. The van der Waals surface area contributed by atoms with Crippen molar-refractivity contribution in [2.75, 3.05) is 18.9 Å². The van der Waals surface area contributed by atoms with Gasteiger partial charge in [-0.05, 0) is 29.8 Å². The molecular weight excluding hydrogens is 454 g/mol. The Bertz CT molecular complexity index is 1170. The van der Waals surface area contributed by atoms with Crippen molar-refractivity contribution in [3.05, 3.63) is 76.7 Å². The molecule has 178 valence electrons. The number of aliphatic imine (C=N–C) groups is 1. The second kappa shape index (κ2) is 9.93. The van der Waals surface area contributed by atoms with Crippen LogP contribution in [0.5, 0.6) is 0 Å². The van der Waals surface area contributed by atoms with Gasteiger partial charge in [0.15, 0.2) is 0 Å². The third-order valence-electron chi connectivity index (χ3n) is 5.33. The molecule has 0 aliphatic carbocycles. The number of aliphatic hydroxyl groups is 1. The minimum atomic E-state index is -4.74. The van der Waals surface area contributed by atoms with E-state index in [1.165, 1.54) is 37.5 Å². The van der Waals surface area contributed by atoms with Crippen LogP contribution in [-0.2, 0) is 0 Å². The van der Waals surface area contributed by atoms with E-state index < -0.39 is 42.6 Å². The van der Waals surface area contributed by atoms with Crippen molar-refractivity contribution < 1.29 is 27.5 Å². The summed E-state index contributed by atoms with van der Waals surface area (Å²) in [6, 6.07) is 9.69. The van der Waals surface area contributed by atoms with Crippen LogP contribution >= 0.6 is 0 Å². The summed E-state index contributed by atoms with van der Waals surface area (Å²) in [7, 11) is 1.38. The van der Waals surface area contributed by atoms with Crippen LogP contribution in [0, 0.1) is 17.1 Å². The number of nitrogens with one attached hydrogen (secondary N) is 1. The fraction of sp³-hybridized carbons (Fsp3) is 0.261. The van der Waals surface area contributed by atoms with Crippen molar-refractivity contribution in [2.24, 2.45) is 10.7 Å². The Balaban J connectivity index is 2.17. The Kier molecular flexibility index (Phi) is 7.22. The number of nitriles is 1. The summed E-state index contributed by atoms with van der Waals surface area (Å²) in [5, 5.41) is 22.9. The lowest BCUT2D eigenvalue weighted by Crippen LogP contribution is -2.56. The van der Waals surface area contributed by atoms with Gasteiger partial charge >= 0.3 is 6.18 Å². The zero-order valence-corrected chi connectivity index (χ0v) is 17.9. The monoisotopic (exact) mass is 475 g/mol. The molecule has 3 atom stereocenters. The van der Waals surface area contributed by atoms with Gasteiger partial charge in [0.1, 0.15) is 18.6 Å². The molecule has 11 heteroatoms. The summed E-state index contributed by atoms with van der Waals surface area (Å²) in [6.07, 6.45) is -4.11.